The number of rotatable bonds is 9. The topological polar surface area (TPSA) is 75.6 Å². The Hall–Kier alpha value is -1.89. The molecule has 0 saturated heterocycles. The van der Waals surface area contributed by atoms with E-state index in [2.05, 4.69) is 4.72 Å². The Morgan fingerprint density at radius 3 is 2.35 bits per heavy atom. The lowest BCUT2D eigenvalue weighted by Gasteiger charge is -2.29. The molecule has 1 aliphatic carbocycles. The van der Waals surface area contributed by atoms with Gasteiger partial charge in [0.1, 0.15) is 11.4 Å². The van der Waals surface area contributed by atoms with E-state index >= 15 is 0 Å². The minimum atomic E-state index is -3.48. The molecule has 0 bridgehead atoms. The molecule has 0 spiro atoms. The summed E-state index contributed by atoms with van der Waals surface area (Å²) in [6.45, 7) is 0.00657. The van der Waals surface area contributed by atoms with Crippen LogP contribution in [0.4, 0.5) is 0 Å². The first-order chi connectivity index (χ1) is 12.4. The summed E-state index contributed by atoms with van der Waals surface area (Å²) in [4.78, 5) is 0. The van der Waals surface area contributed by atoms with Gasteiger partial charge in [0, 0.05) is 6.54 Å². The van der Waals surface area contributed by atoms with Gasteiger partial charge in [0.05, 0.1) is 12.9 Å². The number of aryl methyl sites for hydroxylation is 1. The highest BCUT2D eigenvalue weighted by Crippen LogP contribution is 2.45. The Bertz CT molecular complexity index is 817. The molecular formula is C20H25NO4S. The number of hydrogen-bond acceptors (Lipinski definition) is 4. The van der Waals surface area contributed by atoms with Crippen molar-refractivity contribution in [2.75, 3.05) is 19.4 Å². The van der Waals surface area contributed by atoms with Gasteiger partial charge >= 0.3 is 0 Å². The third kappa shape index (κ3) is 4.63. The molecule has 2 N–H and O–H groups in total. The Balaban J connectivity index is 1.61. The number of aliphatic hydroxyl groups is 1. The number of methoxy groups -OCH3 is 1. The van der Waals surface area contributed by atoms with E-state index in [9.17, 15) is 13.5 Å². The maximum atomic E-state index is 12.4. The average Bonchev–Trinajstić information content (AvgIpc) is 3.51. The molecule has 0 heterocycles. The van der Waals surface area contributed by atoms with Crippen LogP contribution in [0, 0.1) is 5.92 Å². The lowest BCUT2D eigenvalue weighted by atomic mass is 9.89. The fourth-order valence-corrected chi connectivity index (χ4v) is 4.20. The second-order valence-corrected chi connectivity index (χ2v) is 8.73. The molecule has 0 aliphatic heterocycles. The van der Waals surface area contributed by atoms with Crippen LogP contribution in [0.2, 0.25) is 0 Å². The highest BCUT2D eigenvalue weighted by atomic mass is 32.2. The number of ether oxygens (including phenoxy) is 1. The van der Waals surface area contributed by atoms with E-state index in [1.165, 1.54) is 0 Å². The van der Waals surface area contributed by atoms with Crippen LogP contribution in [-0.2, 0) is 22.0 Å². The SMILES string of the molecule is COc1ccc(CCS(=O)(=O)NCC(O)(c2ccccc2)C2CC2)cc1. The molecule has 2 aromatic carbocycles. The molecule has 0 amide bonds. The molecule has 0 aromatic heterocycles. The smallest absolute Gasteiger partial charge is 0.212 e. The highest BCUT2D eigenvalue weighted by molar-refractivity contribution is 7.89. The van der Waals surface area contributed by atoms with Gasteiger partial charge in [-0.05, 0) is 48.4 Å². The molecular weight excluding hydrogens is 350 g/mol. The lowest BCUT2D eigenvalue weighted by Crippen LogP contribution is -2.43. The molecule has 6 heteroatoms. The van der Waals surface area contributed by atoms with E-state index in [-0.39, 0.29) is 18.2 Å². The summed E-state index contributed by atoms with van der Waals surface area (Å²) in [5.74, 6) is 0.829. The summed E-state index contributed by atoms with van der Waals surface area (Å²) < 4.78 is 32.5. The molecule has 0 radical (unpaired) electrons. The number of hydrogen-bond donors (Lipinski definition) is 2. The highest BCUT2D eigenvalue weighted by Gasteiger charge is 2.45. The Morgan fingerprint density at radius 1 is 1.12 bits per heavy atom. The van der Waals surface area contributed by atoms with Crippen LogP contribution in [0.25, 0.3) is 0 Å². The predicted molar refractivity (Wildman–Crippen MR) is 102 cm³/mol. The summed E-state index contributed by atoms with van der Waals surface area (Å²) in [7, 11) is -1.89. The molecule has 1 atom stereocenters. The van der Waals surface area contributed by atoms with Gasteiger partial charge in [0.15, 0.2) is 0 Å². The van der Waals surface area contributed by atoms with Crippen molar-refractivity contribution in [1.29, 1.82) is 0 Å². The molecule has 140 valence electrons. The molecule has 1 saturated carbocycles. The fraction of sp³-hybridized carbons (Fsp3) is 0.400. The number of sulfonamides is 1. The van der Waals surface area contributed by atoms with Crippen molar-refractivity contribution < 1.29 is 18.3 Å². The maximum absolute atomic E-state index is 12.4. The van der Waals surface area contributed by atoms with Crippen LogP contribution in [-0.4, -0.2) is 32.9 Å². The molecule has 2 aromatic rings. The maximum Gasteiger partial charge on any atom is 0.212 e. The van der Waals surface area contributed by atoms with E-state index < -0.39 is 15.6 Å². The van der Waals surface area contributed by atoms with Crippen molar-refractivity contribution in [3.8, 4) is 5.75 Å². The second-order valence-electron chi connectivity index (χ2n) is 6.80. The van der Waals surface area contributed by atoms with E-state index in [0.717, 1.165) is 29.7 Å². The predicted octanol–water partition coefficient (Wildman–Crippen LogP) is 2.45. The van der Waals surface area contributed by atoms with Gasteiger partial charge in [-0.1, -0.05) is 42.5 Å². The lowest BCUT2D eigenvalue weighted by molar-refractivity contribution is 0.0185. The van der Waals surface area contributed by atoms with Crippen molar-refractivity contribution in [3.63, 3.8) is 0 Å². The number of benzene rings is 2. The Morgan fingerprint density at radius 2 is 1.77 bits per heavy atom. The largest absolute Gasteiger partial charge is 0.497 e. The Labute approximate surface area is 155 Å². The van der Waals surface area contributed by atoms with Gasteiger partial charge in [-0.3, -0.25) is 0 Å². The summed E-state index contributed by atoms with van der Waals surface area (Å²) in [5, 5.41) is 11.1. The molecule has 1 unspecified atom stereocenters. The first-order valence-electron chi connectivity index (χ1n) is 8.81. The van der Waals surface area contributed by atoms with Crippen molar-refractivity contribution in [2.24, 2.45) is 5.92 Å². The van der Waals surface area contributed by atoms with Crippen LogP contribution in [0.1, 0.15) is 24.0 Å². The van der Waals surface area contributed by atoms with Crippen molar-refractivity contribution in [3.05, 3.63) is 65.7 Å². The van der Waals surface area contributed by atoms with E-state index in [1.807, 2.05) is 54.6 Å². The van der Waals surface area contributed by atoms with Gasteiger partial charge in [-0.2, -0.15) is 0 Å². The monoisotopic (exact) mass is 375 g/mol. The van der Waals surface area contributed by atoms with E-state index in [1.54, 1.807) is 7.11 Å². The van der Waals surface area contributed by atoms with Crippen LogP contribution in [0.5, 0.6) is 5.75 Å². The quantitative estimate of drug-likeness (QED) is 0.706. The first-order valence-corrected chi connectivity index (χ1v) is 10.5. The van der Waals surface area contributed by atoms with Gasteiger partial charge < -0.3 is 9.84 Å². The van der Waals surface area contributed by atoms with Crippen LogP contribution in [0.3, 0.4) is 0 Å². The fourth-order valence-electron chi connectivity index (χ4n) is 3.11. The molecule has 5 nitrogen and oxygen atoms in total. The van der Waals surface area contributed by atoms with Gasteiger partial charge in [0.25, 0.3) is 0 Å². The minimum absolute atomic E-state index is 0.00657. The van der Waals surface area contributed by atoms with Gasteiger partial charge in [-0.25, -0.2) is 13.1 Å². The molecule has 26 heavy (non-hydrogen) atoms. The van der Waals surface area contributed by atoms with Gasteiger partial charge in [-0.15, -0.1) is 0 Å². The zero-order valence-corrected chi connectivity index (χ0v) is 15.7. The summed E-state index contributed by atoms with van der Waals surface area (Å²) >= 11 is 0. The Kier molecular flexibility index (Phi) is 5.65. The second kappa shape index (κ2) is 7.78. The standard InChI is InChI=1S/C20H25NO4S/c1-25-19-11-7-16(8-12-19)13-14-26(23,24)21-15-20(22,18-9-10-18)17-5-3-2-4-6-17/h2-8,11-12,18,21-22H,9-10,13-15H2,1H3. The normalized spacial score (nSPS) is 16.8. The summed E-state index contributed by atoms with van der Waals surface area (Å²) in [5.41, 5.74) is 0.547. The molecule has 3 rings (SSSR count). The van der Waals surface area contributed by atoms with Crippen LogP contribution >= 0.6 is 0 Å². The van der Waals surface area contributed by atoms with Crippen molar-refractivity contribution in [2.45, 2.75) is 24.9 Å². The van der Waals surface area contributed by atoms with Gasteiger partial charge in [0.2, 0.25) is 10.0 Å². The third-order valence-corrected chi connectivity index (χ3v) is 6.23. The van der Waals surface area contributed by atoms with Crippen molar-refractivity contribution in [1.82, 2.24) is 4.72 Å². The summed E-state index contributed by atoms with van der Waals surface area (Å²) in [6, 6.07) is 16.7. The average molecular weight is 375 g/mol. The molecule has 1 aliphatic rings. The zero-order valence-electron chi connectivity index (χ0n) is 14.9. The number of nitrogens with one attached hydrogen (secondary N) is 1. The van der Waals surface area contributed by atoms with Crippen LogP contribution in [0.15, 0.2) is 54.6 Å². The van der Waals surface area contributed by atoms with E-state index in [4.69, 9.17) is 4.74 Å². The summed E-state index contributed by atoms with van der Waals surface area (Å²) in [6.07, 6.45) is 2.24. The van der Waals surface area contributed by atoms with Crippen LogP contribution < -0.4 is 9.46 Å². The van der Waals surface area contributed by atoms with Crippen molar-refractivity contribution >= 4 is 10.0 Å². The zero-order chi connectivity index (χ0) is 18.6. The third-order valence-electron chi connectivity index (χ3n) is 4.91. The first kappa shape index (κ1) is 18.9. The molecule has 1 fully saturated rings. The minimum Gasteiger partial charge on any atom is -0.497 e. The van der Waals surface area contributed by atoms with E-state index in [0.29, 0.717) is 6.42 Å².